The van der Waals surface area contributed by atoms with Crippen molar-refractivity contribution >= 4 is 33.4 Å². The Hall–Kier alpha value is -2.21. The van der Waals surface area contributed by atoms with Gasteiger partial charge in [-0.2, -0.15) is 0 Å². The third-order valence-corrected chi connectivity index (χ3v) is 4.58. The molecule has 0 atom stereocenters. The van der Waals surface area contributed by atoms with E-state index in [0.29, 0.717) is 10.7 Å². The minimum absolute atomic E-state index is 0.142. The topological polar surface area (TPSA) is 70.7 Å². The number of nitrogens with one attached hydrogen (secondary N) is 2. The number of nitrogens with zero attached hydrogens (tertiary/aromatic N) is 2. The van der Waals surface area contributed by atoms with Crippen molar-refractivity contribution < 1.29 is 4.79 Å². The van der Waals surface area contributed by atoms with Gasteiger partial charge in [-0.1, -0.05) is 0 Å². The van der Waals surface area contributed by atoms with Crippen molar-refractivity contribution in [2.45, 2.75) is 19.3 Å². The molecule has 0 bridgehead atoms. The van der Waals surface area contributed by atoms with E-state index in [2.05, 4.69) is 20.3 Å². The van der Waals surface area contributed by atoms with Crippen LogP contribution in [0, 0.1) is 0 Å². The van der Waals surface area contributed by atoms with E-state index in [1.165, 1.54) is 11.3 Å². The molecule has 1 aliphatic rings. The van der Waals surface area contributed by atoms with Crippen molar-refractivity contribution in [3.8, 4) is 0 Å². The number of thiazole rings is 1. The summed E-state index contributed by atoms with van der Waals surface area (Å²) in [4.78, 5) is 25.3. The number of pyridine rings is 1. The SMILES string of the molecule is O=C(Nc1nc2c(s1)CCC2)c1c[nH]c2ncccc12. The minimum Gasteiger partial charge on any atom is -0.345 e. The highest BCUT2D eigenvalue weighted by atomic mass is 32.1. The summed E-state index contributed by atoms with van der Waals surface area (Å²) in [6.07, 6.45) is 6.68. The summed E-state index contributed by atoms with van der Waals surface area (Å²) in [6, 6.07) is 3.71. The predicted molar refractivity (Wildman–Crippen MR) is 78.2 cm³/mol. The molecular formula is C14H12N4OS. The molecule has 3 aromatic rings. The molecule has 0 aromatic carbocycles. The standard InChI is InChI=1S/C14H12N4OS/c19-13(9-7-16-12-8(9)3-2-6-15-12)18-14-17-10-4-1-5-11(10)20-14/h2-3,6-7H,1,4-5H2,(H,15,16)(H,17,18,19). The quantitative estimate of drug-likeness (QED) is 0.760. The van der Waals surface area contributed by atoms with Crippen LogP contribution in [0.15, 0.2) is 24.5 Å². The normalized spacial score (nSPS) is 13.6. The van der Waals surface area contributed by atoms with Crippen molar-refractivity contribution in [2.24, 2.45) is 0 Å². The number of fused-ring (bicyclic) bond motifs is 2. The Bertz CT molecular complexity index is 783. The fourth-order valence-corrected chi connectivity index (χ4v) is 3.60. The lowest BCUT2D eigenvalue weighted by Crippen LogP contribution is -2.11. The van der Waals surface area contributed by atoms with Crippen LogP contribution in [-0.4, -0.2) is 20.9 Å². The number of aromatic amines is 1. The van der Waals surface area contributed by atoms with Crippen LogP contribution in [0.4, 0.5) is 5.13 Å². The summed E-state index contributed by atoms with van der Waals surface area (Å²) in [5.74, 6) is -0.142. The monoisotopic (exact) mass is 284 g/mol. The summed E-state index contributed by atoms with van der Waals surface area (Å²) < 4.78 is 0. The van der Waals surface area contributed by atoms with Gasteiger partial charge in [0.2, 0.25) is 0 Å². The molecule has 100 valence electrons. The zero-order valence-electron chi connectivity index (χ0n) is 10.6. The molecule has 1 amide bonds. The molecular weight excluding hydrogens is 272 g/mol. The van der Waals surface area contributed by atoms with Gasteiger partial charge in [-0.3, -0.25) is 10.1 Å². The Kier molecular flexibility index (Phi) is 2.56. The second-order valence-corrected chi connectivity index (χ2v) is 5.88. The van der Waals surface area contributed by atoms with Crippen molar-refractivity contribution in [1.29, 1.82) is 0 Å². The Morgan fingerprint density at radius 1 is 1.40 bits per heavy atom. The van der Waals surface area contributed by atoms with E-state index in [1.807, 2.05) is 12.1 Å². The highest BCUT2D eigenvalue weighted by Gasteiger charge is 2.19. The van der Waals surface area contributed by atoms with E-state index in [9.17, 15) is 4.79 Å². The van der Waals surface area contributed by atoms with Crippen molar-refractivity contribution in [1.82, 2.24) is 15.0 Å². The third-order valence-electron chi connectivity index (χ3n) is 3.51. The number of carbonyl (C=O) groups is 1. The fourth-order valence-electron chi connectivity index (χ4n) is 2.55. The average molecular weight is 284 g/mol. The first kappa shape index (κ1) is 11.6. The Balaban J connectivity index is 1.63. The maximum Gasteiger partial charge on any atom is 0.259 e. The van der Waals surface area contributed by atoms with Crippen LogP contribution in [0.5, 0.6) is 0 Å². The van der Waals surface area contributed by atoms with E-state index in [1.54, 1.807) is 23.7 Å². The van der Waals surface area contributed by atoms with Gasteiger partial charge in [0.1, 0.15) is 5.65 Å². The summed E-state index contributed by atoms with van der Waals surface area (Å²) in [6.45, 7) is 0. The molecule has 3 heterocycles. The molecule has 0 unspecified atom stereocenters. The van der Waals surface area contributed by atoms with Gasteiger partial charge in [-0.15, -0.1) is 11.3 Å². The first-order valence-corrected chi connectivity index (χ1v) is 7.35. The maximum absolute atomic E-state index is 12.3. The van der Waals surface area contributed by atoms with Crippen LogP contribution in [0.25, 0.3) is 11.0 Å². The lowest BCUT2D eigenvalue weighted by atomic mass is 10.2. The van der Waals surface area contributed by atoms with Crippen LogP contribution >= 0.6 is 11.3 Å². The number of hydrogen-bond acceptors (Lipinski definition) is 4. The summed E-state index contributed by atoms with van der Waals surface area (Å²) >= 11 is 1.58. The van der Waals surface area contributed by atoms with Crippen molar-refractivity contribution in [3.63, 3.8) is 0 Å². The molecule has 0 fully saturated rings. The third kappa shape index (κ3) is 1.80. The van der Waals surface area contributed by atoms with Gasteiger partial charge in [-0.05, 0) is 31.4 Å². The van der Waals surface area contributed by atoms with Crippen LogP contribution in [0.1, 0.15) is 27.3 Å². The van der Waals surface area contributed by atoms with Crippen LogP contribution in [0.2, 0.25) is 0 Å². The largest absolute Gasteiger partial charge is 0.345 e. The van der Waals surface area contributed by atoms with Gasteiger partial charge >= 0.3 is 0 Å². The van der Waals surface area contributed by atoms with Gasteiger partial charge in [-0.25, -0.2) is 9.97 Å². The van der Waals surface area contributed by atoms with Gasteiger partial charge in [0.05, 0.1) is 11.3 Å². The van der Waals surface area contributed by atoms with E-state index >= 15 is 0 Å². The number of rotatable bonds is 2. The molecule has 0 saturated heterocycles. The molecule has 2 N–H and O–H groups in total. The summed E-state index contributed by atoms with van der Waals surface area (Å²) in [5, 5.41) is 4.41. The van der Waals surface area contributed by atoms with Gasteiger partial charge in [0, 0.05) is 22.7 Å². The smallest absolute Gasteiger partial charge is 0.259 e. The van der Waals surface area contributed by atoms with Gasteiger partial charge in [0.15, 0.2) is 5.13 Å². The zero-order chi connectivity index (χ0) is 13.5. The zero-order valence-corrected chi connectivity index (χ0v) is 11.5. The number of carbonyl (C=O) groups excluding carboxylic acids is 1. The van der Waals surface area contributed by atoms with E-state index in [-0.39, 0.29) is 5.91 Å². The van der Waals surface area contributed by atoms with Crippen LogP contribution in [0.3, 0.4) is 0 Å². The number of aromatic nitrogens is 3. The van der Waals surface area contributed by atoms with E-state index in [4.69, 9.17) is 0 Å². The Morgan fingerprint density at radius 3 is 3.25 bits per heavy atom. The van der Waals surface area contributed by atoms with Crippen LogP contribution in [-0.2, 0) is 12.8 Å². The first-order valence-electron chi connectivity index (χ1n) is 6.53. The molecule has 0 spiro atoms. The van der Waals surface area contributed by atoms with Crippen molar-refractivity contribution in [3.05, 3.63) is 40.7 Å². The lowest BCUT2D eigenvalue weighted by Gasteiger charge is -2.00. The molecule has 3 aromatic heterocycles. The first-order chi connectivity index (χ1) is 9.81. The Labute approximate surface area is 119 Å². The fraction of sp³-hybridized carbons (Fsp3) is 0.214. The molecule has 5 nitrogen and oxygen atoms in total. The second kappa shape index (κ2) is 4.42. The molecule has 0 saturated carbocycles. The number of aryl methyl sites for hydroxylation is 2. The number of amides is 1. The summed E-state index contributed by atoms with van der Waals surface area (Å²) in [5.41, 5.74) is 2.47. The minimum atomic E-state index is -0.142. The lowest BCUT2D eigenvalue weighted by molar-refractivity contribution is 0.102. The molecule has 4 rings (SSSR count). The second-order valence-electron chi connectivity index (χ2n) is 4.80. The van der Waals surface area contributed by atoms with Crippen molar-refractivity contribution in [2.75, 3.05) is 5.32 Å². The highest BCUT2D eigenvalue weighted by molar-refractivity contribution is 7.16. The highest BCUT2D eigenvalue weighted by Crippen LogP contribution is 2.30. The van der Waals surface area contributed by atoms with E-state index in [0.717, 1.165) is 29.6 Å². The average Bonchev–Trinajstić information content (AvgIpc) is 3.10. The summed E-state index contributed by atoms with van der Waals surface area (Å²) in [7, 11) is 0. The molecule has 0 radical (unpaired) electrons. The molecule has 20 heavy (non-hydrogen) atoms. The molecule has 6 heteroatoms. The van der Waals surface area contributed by atoms with Gasteiger partial charge < -0.3 is 4.98 Å². The Morgan fingerprint density at radius 2 is 2.35 bits per heavy atom. The predicted octanol–water partition coefficient (Wildman–Crippen LogP) is 2.76. The van der Waals surface area contributed by atoms with E-state index < -0.39 is 0 Å². The number of hydrogen-bond donors (Lipinski definition) is 2. The van der Waals surface area contributed by atoms with Crippen LogP contribution < -0.4 is 5.32 Å². The number of anilines is 1. The number of H-pyrrole nitrogens is 1. The molecule has 1 aliphatic carbocycles. The molecule has 0 aliphatic heterocycles. The van der Waals surface area contributed by atoms with Gasteiger partial charge in [0.25, 0.3) is 5.91 Å². The maximum atomic E-state index is 12.3.